The van der Waals surface area contributed by atoms with Gasteiger partial charge in [-0.2, -0.15) is 0 Å². The van der Waals surface area contributed by atoms with Crippen molar-refractivity contribution in [2.75, 3.05) is 13.1 Å². The monoisotopic (exact) mass is 283 g/mol. The first-order chi connectivity index (χ1) is 10.2. The van der Waals surface area contributed by atoms with Gasteiger partial charge in [-0.3, -0.25) is 14.7 Å². The number of hydrogen-bond donors (Lipinski definition) is 1. The van der Waals surface area contributed by atoms with Crippen LogP contribution in [0, 0.1) is 0 Å². The van der Waals surface area contributed by atoms with E-state index in [1.807, 2.05) is 37.4 Å². The largest absolute Gasteiger partial charge is 0.351 e. The van der Waals surface area contributed by atoms with Gasteiger partial charge < -0.3 is 5.32 Å². The van der Waals surface area contributed by atoms with Crippen LogP contribution in [0.25, 0.3) is 10.9 Å². The quantitative estimate of drug-likeness (QED) is 0.936. The average molecular weight is 283 g/mol. The molecule has 3 rings (SSSR count). The van der Waals surface area contributed by atoms with E-state index in [2.05, 4.69) is 21.3 Å². The number of carbonyl (C=O) groups is 1. The molecule has 110 valence electrons. The smallest absolute Gasteiger partial charge is 0.237 e. The highest BCUT2D eigenvalue weighted by atomic mass is 16.2. The van der Waals surface area contributed by atoms with Gasteiger partial charge in [-0.05, 0) is 50.6 Å². The third-order valence-corrected chi connectivity index (χ3v) is 4.18. The van der Waals surface area contributed by atoms with Crippen LogP contribution in [0.15, 0.2) is 36.5 Å². The summed E-state index contributed by atoms with van der Waals surface area (Å²) < 4.78 is 0. The minimum atomic E-state index is -0.0408. The number of fused-ring (bicyclic) bond motifs is 1. The molecule has 21 heavy (non-hydrogen) atoms. The molecule has 1 aromatic heterocycles. The molecule has 1 amide bonds. The molecule has 1 aromatic carbocycles. The summed E-state index contributed by atoms with van der Waals surface area (Å²) in [5.74, 6) is 0.102. The van der Waals surface area contributed by atoms with Crippen molar-refractivity contribution < 1.29 is 4.79 Å². The molecule has 0 spiro atoms. The molecule has 1 aliphatic heterocycles. The topological polar surface area (TPSA) is 45.2 Å². The number of hydrogen-bond acceptors (Lipinski definition) is 3. The van der Waals surface area contributed by atoms with Gasteiger partial charge in [0, 0.05) is 18.1 Å². The number of carbonyl (C=O) groups excluding carboxylic acids is 1. The SMILES string of the molecule is CC(C(=O)NCc1cnc2ccccc2c1)N1CCCC1. The second kappa shape index (κ2) is 6.22. The standard InChI is InChI=1S/C17H21N3O/c1-13(20-8-4-5-9-20)17(21)19-12-14-10-15-6-2-3-7-16(15)18-11-14/h2-3,6-7,10-11,13H,4-5,8-9,12H2,1H3,(H,19,21). The molecular formula is C17H21N3O. The fourth-order valence-electron chi connectivity index (χ4n) is 2.84. The Morgan fingerprint density at radius 1 is 1.33 bits per heavy atom. The van der Waals surface area contributed by atoms with E-state index >= 15 is 0 Å². The van der Waals surface area contributed by atoms with Crippen LogP contribution in [-0.4, -0.2) is 34.9 Å². The summed E-state index contributed by atoms with van der Waals surface area (Å²) in [6, 6.07) is 10.1. The van der Waals surface area contributed by atoms with Gasteiger partial charge in [-0.15, -0.1) is 0 Å². The molecule has 0 aliphatic carbocycles. The van der Waals surface area contributed by atoms with Crippen molar-refractivity contribution in [2.24, 2.45) is 0 Å². The third-order valence-electron chi connectivity index (χ3n) is 4.18. The highest BCUT2D eigenvalue weighted by Gasteiger charge is 2.23. The van der Waals surface area contributed by atoms with Gasteiger partial charge in [0.2, 0.25) is 5.91 Å². The summed E-state index contributed by atoms with van der Waals surface area (Å²) in [4.78, 5) is 18.9. The fourth-order valence-corrected chi connectivity index (χ4v) is 2.84. The van der Waals surface area contributed by atoms with Crippen LogP contribution >= 0.6 is 0 Å². The van der Waals surface area contributed by atoms with Crippen LogP contribution in [-0.2, 0) is 11.3 Å². The molecule has 4 nitrogen and oxygen atoms in total. The molecule has 2 heterocycles. The van der Waals surface area contributed by atoms with E-state index in [4.69, 9.17) is 0 Å². The van der Waals surface area contributed by atoms with Crippen molar-refractivity contribution in [3.63, 3.8) is 0 Å². The van der Waals surface area contributed by atoms with Gasteiger partial charge in [0.15, 0.2) is 0 Å². The maximum absolute atomic E-state index is 12.2. The Hall–Kier alpha value is -1.94. The Labute approximate surface area is 125 Å². The Kier molecular flexibility index (Phi) is 4.15. The predicted octanol–water partition coefficient (Wildman–Crippen LogP) is 2.34. The van der Waals surface area contributed by atoms with Crippen LogP contribution in [0.5, 0.6) is 0 Å². The number of aromatic nitrogens is 1. The van der Waals surface area contributed by atoms with Crippen molar-refractivity contribution in [2.45, 2.75) is 32.4 Å². The molecule has 0 radical (unpaired) electrons. The summed E-state index contributed by atoms with van der Waals surface area (Å²) in [6.07, 6.45) is 4.24. The number of rotatable bonds is 4. The van der Waals surface area contributed by atoms with Gasteiger partial charge in [-0.25, -0.2) is 0 Å². The molecule has 1 saturated heterocycles. The Bertz CT molecular complexity index is 635. The van der Waals surface area contributed by atoms with Crippen LogP contribution in [0.3, 0.4) is 0 Å². The van der Waals surface area contributed by atoms with Crippen molar-refractivity contribution in [3.05, 3.63) is 42.1 Å². The van der Waals surface area contributed by atoms with Gasteiger partial charge in [0.05, 0.1) is 11.6 Å². The van der Waals surface area contributed by atoms with Crippen LogP contribution in [0.2, 0.25) is 0 Å². The maximum Gasteiger partial charge on any atom is 0.237 e. The normalized spacial score (nSPS) is 17.0. The second-order valence-electron chi connectivity index (χ2n) is 5.67. The van der Waals surface area contributed by atoms with Crippen molar-refractivity contribution in [1.82, 2.24) is 15.2 Å². The lowest BCUT2D eigenvalue weighted by Crippen LogP contribution is -2.43. The number of benzene rings is 1. The molecule has 1 unspecified atom stereocenters. The first kappa shape index (κ1) is 14.0. The van der Waals surface area contributed by atoms with Gasteiger partial charge in [-0.1, -0.05) is 18.2 Å². The van der Waals surface area contributed by atoms with E-state index in [9.17, 15) is 4.79 Å². The summed E-state index contributed by atoms with van der Waals surface area (Å²) in [6.45, 7) is 4.59. The Morgan fingerprint density at radius 3 is 2.90 bits per heavy atom. The first-order valence-electron chi connectivity index (χ1n) is 7.59. The summed E-state index contributed by atoms with van der Waals surface area (Å²) in [5.41, 5.74) is 2.02. The Morgan fingerprint density at radius 2 is 2.10 bits per heavy atom. The molecule has 0 saturated carbocycles. The number of pyridine rings is 1. The van der Waals surface area contributed by atoms with Gasteiger partial charge in [0.1, 0.15) is 0 Å². The summed E-state index contributed by atoms with van der Waals surface area (Å²) in [7, 11) is 0. The lowest BCUT2D eigenvalue weighted by molar-refractivity contribution is -0.125. The Balaban J connectivity index is 1.61. The number of para-hydroxylation sites is 1. The van der Waals surface area contributed by atoms with E-state index in [0.29, 0.717) is 6.54 Å². The van der Waals surface area contributed by atoms with E-state index < -0.39 is 0 Å². The summed E-state index contributed by atoms with van der Waals surface area (Å²) >= 11 is 0. The van der Waals surface area contributed by atoms with E-state index in [-0.39, 0.29) is 11.9 Å². The molecule has 4 heteroatoms. The molecule has 2 aromatic rings. The van der Waals surface area contributed by atoms with Gasteiger partial charge >= 0.3 is 0 Å². The zero-order chi connectivity index (χ0) is 14.7. The lowest BCUT2D eigenvalue weighted by Gasteiger charge is -2.22. The number of amides is 1. The minimum Gasteiger partial charge on any atom is -0.351 e. The van der Waals surface area contributed by atoms with Crippen molar-refractivity contribution in [1.29, 1.82) is 0 Å². The minimum absolute atomic E-state index is 0.0408. The highest BCUT2D eigenvalue weighted by molar-refractivity contribution is 5.82. The van der Waals surface area contributed by atoms with Crippen LogP contribution in [0.1, 0.15) is 25.3 Å². The molecular weight excluding hydrogens is 262 g/mol. The number of nitrogens with zero attached hydrogens (tertiary/aromatic N) is 2. The van der Waals surface area contributed by atoms with E-state index in [1.165, 1.54) is 12.8 Å². The molecule has 0 bridgehead atoms. The van der Waals surface area contributed by atoms with Gasteiger partial charge in [0.25, 0.3) is 0 Å². The zero-order valence-electron chi connectivity index (χ0n) is 12.4. The first-order valence-corrected chi connectivity index (χ1v) is 7.59. The average Bonchev–Trinajstić information content (AvgIpc) is 3.06. The van der Waals surface area contributed by atoms with Crippen molar-refractivity contribution in [3.8, 4) is 0 Å². The van der Waals surface area contributed by atoms with E-state index in [1.54, 1.807) is 0 Å². The van der Waals surface area contributed by atoms with Crippen LogP contribution < -0.4 is 5.32 Å². The second-order valence-corrected chi connectivity index (χ2v) is 5.67. The lowest BCUT2D eigenvalue weighted by atomic mass is 10.1. The molecule has 1 N–H and O–H groups in total. The molecule has 1 aliphatic rings. The summed E-state index contributed by atoms with van der Waals surface area (Å²) in [5, 5.41) is 4.13. The fraction of sp³-hybridized carbons (Fsp3) is 0.412. The third kappa shape index (κ3) is 3.22. The zero-order valence-corrected chi connectivity index (χ0v) is 12.4. The van der Waals surface area contributed by atoms with Crippen molar-refractivity contribution >= 4 is 16.8 Å². The number of nitrogens with one attached hydrogen (secondary N) is 1. The molecule has 1 atom stereocenters. The predicted molar refractivity (Wildman–Crippen MR) is 83.9 cm³/mol. The maximum atomic E-state index is 12.2. The van der Waals surface area contributed by atoms with E-state index in [0.717, 1.165) is 29.6 Å². The highest BCUT2D eigenvalue weighted by Crippen LogP contribution is 2.13. The van der Waals surface area contributed by atoms with Crippen LogP contribution in [0.4, 0.5) is 0 Å². The molecule has 1 fully saturated rings. The number of likely N-dealkylation sites (tertiary alicyclic amines) is 1.